The van der Waals surface area contributed by atoms with Crippen LogP contribution in [0.15, 0.2) is 30.5 Å². The summed E-state index contributed by atoms with van der Waals surface area (Å²) in [4.78, 5) is 12.3. The predicted molar refractivity (Wildman–Crippen MR) is 84.6 cm³/mol. The molecule has 0 spiro atoms. The van der Waals surface area contributed by atoms with Crippen LogP contribution < -0.4 is 14.8 Å². The summed E-state index contributed by atoms with van der Waals surface area (Å²) < 4.78 is 12.3. The molecule has 0 aliphatic carbocycles. The Kier molecular flexibility index (Phi) is 5.41. The summed E-state index contributed by atoms with van der Waals surface area (Å²) in [6, 6.07) is 7.33. The van der Waals surface area contributed by atoms with E-state index in [0.29, 0.717) is 23.7 Å². The zero-order valence-electron chi connectivity index (χ0n) is 13.1. The smallest absolute Gasteiger partial charge is 0.262 e. The van der Waals surface area contributed by atoms with Gasteiger partial charge in [0.25, 0.3) is 5.91 Å². The van der Waals surface area contributed by atoms with E-state index >= 15 is 0 Å². The van der Waals surface area contributed by atoms with Crippen molar-refractivity contribution in [2.75, 3.05) is 19.0 Å². The second-order valence-electron chi connectivity index (χ2n) is 4.91. The van der Waals surface area contributed by atoms with Gasteiger partial charge in [0, 0.05) is 25.0 Å². The van der Waals surface area contributed by atoms with Crippen molar-refractivity contribution in [1.29, 1.82) is 0 Å². The van der Waals surface area contributed by atoms with E-state index in [4.69, 9.17) is 9.47 Å². The maximum Gasteiger partial charge on any atom is 0.262 e. The third-order valence-corrected chi connectivity index (χ3v) is 3.09. The van der Waals surface area contributed by atoms with Gasteiger partial charge in [-0.05, 0) is 18.6 Å². The van der Waals surface area contributed by atoms with Crippen LogP contribution in [0.5, 0.6) is 11.6 Å². The first-order valence-corrected chi connectivity index (χ1v) is 7.26. The van der Waals surface area contributed by atoms with Crippen molar-refractivity contribution in [1.82, 2.24) is 9.78 Å². The van der Waals surface area contributed by atoms with Gasteiger partial charge in [-0.2, -0.15) is 0 Å². The molecule has 6 heteroatoms. The minimum atomic E-state index is -0.268. The Hall–Kier alpha value is -2.50. The van der Waals surface area contributed by atoms with E-state index in [1.807, 2.05) is 18.2 Å². The van der Waals surface area contributed by atoms with Crippen LogP contribution in [-0.2, 0) is 7.05 Å². The number of benzene rings is 1. The molecular weight excluding hydrogens is 282 g/mol. The van der Waals surface area contributed by atoms with Gasteiger partial charge in [-0.15, -0.1) is 5.10 Å². The molecule has 0 aliphatic rings. The van der Waals surface area contributed by atoms with Crippen molar-refractivity contribution in [3.63, 3.8) is 0 Å². The Morgan fingerprint density at radius 1 is 1.41 bits per heavy atom. The Morgan fingerprint density at radius 3 is 2.95 bits per heavy atom. The largest absolute Gasteiger partial charge is 0.494 e. The van der Waals surface area contributed by atoms with Crippen LogP contribution in [-0.4, -0.2) is 29.4 Å². The third-order valence-electron chi connectivity index (χ3n) is 3.09. The van der Waals surface area contributed by atoms with Crippen molar-refractivity contribution >= 4 is 11.6 Å². The van der Waals surface area contributed by atoms with Crippen LogP contribution in [0.25, 0.3) is 0 Å². The fourth-order valence-corrected chi connectivity index (χ4v) is 1.97. The fourth-order valence-electron chi connectivity index (χ4n) is 1.97. The minimum absolute atomic E-state index is 0.268. The Balaban J connectivity index is 2.06. The van der Waals surface area contributed by atoms with Crippen molar-refractivity contribution in [3.05, 3.63) is 36.0 Å². The molecule has 0 saturated heterocycles. The highest BCUT2D eigenvalue weighted by Gasteiger charge is 2.16. The number of nitrogens with one attached hydrogen (secondary N) is 1. The van der Waals surface area contributed by atoms with Gasteiger partial charge in [0.05, 0.1) is 13.7 Å². The number of ether oxygens (including phenoxy) is 2. The van der Waals surface area contributed by atoms with Gasteiger partial charge in [-0.25, -0.2) is 0 Å². The summed E-state index contributed by atoms with van der Waals surface area (Å²) in [6.45, 7) is 2.78. The number of anilines is 1. The molecule has 0 unspecified atom stereocenters. The summed E-state index contributed by atoms with van der Waals surface area (Å²) in [5.41, 5.74) is 1.06. The molecule has 1 aromatic heterocycles. The summed E-state index contributed by atoms with van der Waals surface area (Å²) in [7, 11) is 3.22. The number of unbranched alkanes of at least 4 members (excludes halogenated alkanes) is 1. The zero-order chi connectivity index (χ0) is 15.9. The molecule has 22 heavy (non-hydrogen) atoms. The van der Waals surface area contributed by atoms with Gasteiger partial charge < -0.3 is 14.8 Å². The Morgan fingerprint density at radius 2 is 2.23 bits per heavy atom. The number of aryl methyl sites for hydroxylation is 1. The topological polar surface area (TPSA) is 65.4 Å². The summed E-state index contributed by atoms with van der Waals surface area (Å²) in [6.07, 6.45) is 3.70. The second kappa shape index (κ2) is 7.49. The molecule has 118 valence electrons. The first kappa shape index (κ1) is 15.9. The lowest BCUT2D eigenvalue weighted by Gasteiger charge is -2.08. The number of hydrogen-bond acceptors (Lipinski definition) is 4. The number of methoxy groups -OCH3 is 1. The van der Waals surface area contributed by atoms with Crippen LogP contribution in [0, 0.1) is 0 Å². The van der Waals surface area contributed by atoms with Crippen LogP contribution >= 0.6 is 0 Å². The lowest BCUT2D eigenvalue weighted by molar-refractivity contribution is 0.102. The monoisotopic (exact) mass is 303 g/mol. The maximum absolute atomic E-state index is 12.3. The number of carbonyl (C=O) groups is 1. The number of carbonyl (C=O) groups excluding carboxylic acids is 1. The molecule has 1 N–H and O–H groups in total. The molecule has 2 aromatic rings. The highest BCUT2D eigenvalue weighted by Crippen LogP contribution is 2.20. The maximum atomic E-state index is 12.3. The number of nitrogens with zero attached hydrogens (tertiary/aromatic N) is 2. The van der Waals surface area contributed by atoms with Crippen molar-refractivity contribution < 1.29 is 14.3 Å². The number of amides is 1. The lowest BCUT2D eigenvalue weighted by atomic mass is 10.2. The van der Waals surface area contributed by atoms with Crippen LogP contribution in [0.3, 0.4) is 0 Å². The summed E-state index contributed by atoms with van der Waals surface area (Å²) in [5.74, 6) is 0.774. The van der Waals surface area contributed by atoms with E-state index in [2.05, 4.69) is 17.3 Å². The van der Waals surface area contributed by atoms with E-state index in [9.17, 15) is 4.79 Å². The average molecular weight is 303 g/mol. The molecule has 0 atom stereocenters. The standard InChI is InChI=1S/C16H21N3O3/c1-4-5-9-22-13-8-6-7-12(10-13)17-15(20)14-11-19(2)18-16(14)21-3/h6-8,10-11H,4-5,9H2,1-3H3,(H,17,20). The molecule has 1 aromatic carbocycles. The molecular formula is C16H21N3O3. The first-order valence-electron chi connectivity index (χ1n) is 7.26. The van der Waals surface area contributed by atoms with Gasteiger partial charge >= 0.3 is 0 Å². The minimum Gasteiger partial charge on any atom is -0.494 e. The normalized spacial score (nSPS) is 10.3. The van der Waals surface area contributed by atoms with Crippen LogP contribution in [0.1, 0.15) is 30.1 Å². The lowest BCUT2D eigenvalue weighted by Crippen LogP contribution is -2.12. The molecule has 0 aliphatic heterocycles. The van der Waals surface area contributed by atoms with Gasteiger partial charge in [-0.3, -0.25) is 9.48 Å². The van der Waals surface area contributed by atoms with Gasteiger partial charge in [0.1, 0.15) is 11.3 Å². The predicted octanol–water partition coefficient (Wildman–Crippen LogP) is 2.86. The molecule has 0 fully saturated rings. The first-order chi connectivity index (χ1) is 10.6. The van der Waals surface area contributed by atoms with Crippen molar-refractivity contribution in [2.45, 2.75) is 19.8 Å². The van der Waals surface area contributed by atoms with E-state index in [1.54, 1.807) is 19.3 Å². The SMILES string of the molecule is CCCCOc1cccc(NC(=O)c2cn(C)nc2OC)c1. The molecule has 0 bridgehead atoms. The Labute approximate surface area is 130 Å². The number of rotatable bonds is 7. The molecule has 2 rings (SSSR count). The highest BCUT2D eigenvalue weighted by molar-refractivity contribution is 6.05. The fraction of sp³-hybridized carbons (Fsp3) is 0.375. The molecule has 0 saturated carbocycles. The van der Waals surface area contributed by atoms with E-state index in [0.717, 1.165) is 18.6 Å². The molecule has 1 heterocycles. The number of hydrogen-bond donors (Lipinski definition) is 1. The van der Waals surface area contributed by atoms with E-state index in [1.165, 1.54) is 11.8 Å². The van der Waals surface area contributed by atoms with Crippen molar-refractivity contribution in [2.24, 2.45) is 7.05 Å². The van der Waals surface area contributed by atoms with E-state index < -0.39 is 0 Å². The van der Waals surface area contributed by atoms with E-state index in [-0.39, 0.29) is 5.91 Å². The molecule has 6 nitrogen and oxygen atoms in total. The molecule has 1 amide bonds. The molecule has 0 radical (unpaired) electrons. The average Bonchev–Trinajstić information content (AvgIpc) is 2.89. The van der Waals surface area contributed by atoms with Gasteiger partial charge in [-0.1, -0.05) is 19.4 Å². The highest BCUT2D eigenvalue weighted by atomic mass is 16.5. The van der Waals surface area contributed by atoms with Crippen LogP contribution in [0.2, 0.25) is 0 Å². The second-order valence-corrected chi connectivity index (χ2v) is 4.91. The zero-order valence-corrected chi connectivity index (χ0v) is 13.1. The number of aromatic nitrogens is 2. The van der Waals surface area contributed by atoms with Crippen LogP contribution in [0.4, 0.5) is 5.69 Å². The van der Waals surface area contributed by atoms with Gasteiger partial charge in [0.15, 0.2) is 0 Å². The quantitative estimate of drug-likeness (QED) is 0.799. The summed E-state index contributed by atoms with van der Waals surface area (Å²) in [5, 5.41) is 6.89. The third kappa shape index (κ3) is 4.00. The van der Waals surface area contributed by atoms with Gasteiger partial charge in [0.2, 0.25) is 5.88 Å². The summed E-state index contributed by atoms with van der Waals surface area (Å²) >= 11 is 0. The Bertz CT molecular complexity index is 637. The van der Waals surface area contributed by atoms with Crippen molar-refractivity contribution in [3.8, 4) is 11.6 Å².